The summed E-state index contributed by atoms with van der Waals surface area (Å²) in [6, 6.07) is 8.11. The molecule has 1 heterocycles. The van der Waals surface area contributed by atoms with Gasteiger partial charge in [-0.25, -0.2) is 0 Å². The van der Waals surface area contributed by atoms with E-state index in [0.29, 0.717) is 11.3 Å². The van der Waals surface area contributed by atoms with E-state index in [1.807, 2.05) is 30.5 Å². The Labute approximate surface area is 156 Å². The lowest BCUT2D eigenvalue weighted by molar-refractivity contribution is -0.128. The standard InChI is InChI=1S/C22H30N2O2/c1-16(2)22(3)11-6-7-18(13-22)26-15-21(25)23-12-10-17-14-24-20-9-5-4-8-19(17)20/h4-5,8-10,12,14,16,18,24H,6-7,11,13,15H2,1-3H3,(H,23,25). The quantitative estimate of drug-likeness (QED) is 0.777. The van der Waals surface area contributed by atoms with E-state index in [0.717, 1.165) is 29.3 Å². The second kappa shape index (κ2) is 8.09. The van der Waals surface area contributed by atoms with E-state index in [1.54, 1.807) is 6.20 Å². The monoisotopic (exact) mass is 354 g/mol. The summed E-state index contributed by atoms with van der Waals surface area (Å²) in [7, 11) is 0. The second-order valence-electron chi connectivity index (χ2n) is 8.03. The van der Waals surface area contributed by atoms with Crippen LogP contribution in [0.3, 0.4) is 0 Å². The molecule has 0 radical (unpaired) electrons. The molecule has 0 spiro atoms. The van der Waals surface area contributed by atoms with Crippen molar-refractivity contribution < 1.29 is 9.53 Å². The largest absolute Gasteiger partial charge is 0.368 e. The maximum Gasteiger partial charge on any atom is 0.249 e. The number of hydrogen-bond acceptors (Lipinski definition) is 2. The fourth-order valence-electron chi connectivity index (χ4n) is 3.82. The van der Waals surface area contributed by atoms with E-state index < -0.39 is 0 Å². The number of nitrogens with one attached hydrogen (secondary N) is 2. The van der Waals surface area contributed by atoms with E-state index in [4.69, 9.17) is 4.74 Å². The van der Waals surface area contributed by atoms with Crippen LogP contribution in [-0.4, -0.2) is 23.6 Å². The Bertz CT molecular complexity index is 777. The normalized spacial score (nSPS) is 23.8. The van der Waals surface area contributed by atoms with Crippen LogP contribution in [0.1, 0.15) is 52.0 Å². The molecule has 0 saturated heterocycles. The number of amides is 1. The average Bonchev–Trinajstić information content (AvgIpc) is 3.03. The average molecular weight is 354 g/mol. The van der Waals surface area contributed by atoms with Crippen molar-refractivity contribution in [1.29, 1.82) is 0 Å². The number of H-pyrrole nitrogens is 1. The highest BCUT2D eigenvalue weighted by Gasteiger charge is 2.35. The SMILES string of the molecule is CC(C)C1(C)CCCC(OCC(=O)NC=Cc2c[nH]c3ccccc23)C1. The van der Waals surface area contributed by atoms with E-state index in [2.05, 4.69) is 37.1 Å². The van der Waals surface area contributed by atoms with Crippen molar-refractivity contribution >= 4 is 22.9 Å². The minimum absolute atomic E-state index is 0.0992. The Balaban J connectivity index is 1.47. The number of rotatable bonds is 6. The van der Waals surface area contributed by atoms with Crippen molar-refractivity contribution in [3.8, 4) is 0 Å². The zero-order valence-electron chi connectivity index (χ0n) is 16.0. The lowest BCUT2D eigenvalue weighted by Gasteiger charge is -2.41. The maximum atomic E-state index is 12.1. The molecule has 1 aliphatic carbocycles. The molecule has 140 valence electrons. The van der Waals surface area contributed by atoms with Crippen LogP contribution < -0.4 is 5.32 Å². The van der Waals surface area contributed by atoms with Gasteiger partial charge in [0.05, 0.1) is 6.10 Å². The molecule has 1 amide bonds. The number of para-hydroxylation sites is 1. The first-order chi connectivity index (χ1) is 12.5. The molecule has 3 rings (SSSR count). The smallest absolute Gasteiger partial charge is 0.249 e. The van der Waals surface area contributed by atoms with E-state index in [1.165, 1.54) is 12.8 Å². The number of aromatic nitrogens is 1. The number of benzene rings is 1. The third-order valence-electron chi connectivity index (χ3n) is 5.94. The third kappa shape index (κ3) is 4.36. The highest BCUT2D eigenvalue weighted by Crippen LogP contribution is 2.42. The molecule has 1 aromatic heterocycles. The lowest BCUT2D eigenvalue weighted by atomic mass is 9.67. The minimum Gasteiger partial charge on any atom is -0.368 e. The van der Waals surface area contributed by atoms with Crippen LogP contribution in [-0.2, 0) is 9.53 Å². The van der Waals surface area contributed by atoms with Crippen molar-refractivity contribution in [2.45, 2.75) is 52.6 Å². The van der Waals surface area contributed by atoms with Gasteiger partial charge in [-0.05, 0) is 42.7 Å². The first kappa shape index (κ1) is 18.7. The van der Waals surface area contributed by atoms with Gasteiger partial charge in [0.15, 0.2) is 0 Å². The van der Waals surface area contributed by atoms with Gasteiger partial charge in [-0.15, -0.1) is 0 Å². The van der Waals surface area contributed by atoms with E-state index in [9.17, 15) is 4.79 Å². The van der Waals surface area contributed by atoms with Gasteiger partial charge >= 0.3 is 0 Å². The summed E-state index contributed by atoms with van der Waals surface area (Å²) in [4.78, 5) is 15.3. The van der Waals surface area contributed by atoms with Crippen LogP contribution >= 0.6 is 0 Å². The lowest BCUT2D eigenvalue weighted by Crippen LogP contribution is -2.36. The molecule has 1 fully saturated rings. The molecule has 4 nitrogen and oxygen atoms in total. The van der Waals surface area contributed by atoms with E-state index >= 15 is 0 Å². The molecule has 1 aliphatic rings. The predicted octanol–water partition coefficient (Wildman–Crippen LogP) is 4.88. The predicted molar refractivity (Wildman–Crippen MR) is 107 cm³/mol. The van der Waals surface area contributed by atoms with Crippen molar-refractivity contribution in [2.24, 2.45) is 11.3 Å². The molecule has 2 N–H and O–H groups in total. The highest BCUT2D eigenvalue weighted by molar-refractivity contribution is 5.89. The fraction of sp³-hybridized carbons (Fsp3) is 0.500. The van der Waals surface area contributed by atoms with Crippen LogP contribution in [0.4, 0.5) is 0 Å². The molecular weight excluding hydrogens is 324 g/mol. The molecule has 26 heavy (non-hydrogen) atoms. The Hall–Kier alpha value is -2.07. The zero-order valence-corrected chi connectivity index (χ0v) is 16.0. The number of fused-ring (bicyclic) bond motifs is 1. The molecule has 0 aliphatic heterocycles. The van der Waals surface area contributed by atoms with Crippen LogP contribution in [0, 0.1) is 11.3 Å². The Morgan fingerprint density at radius 1 is 1.42 bits per heavy atom. The van der Waals surface area contributed by atoms with Crippen molar-refractivity contribution in [3.63, 3.8) is 0 Å². The van der Waals surface area contributed by atoms with Crippen molar-refractivity contribution in [3.05, 3.63) is 42.2 Å². The first-order valence-corrected chi connectivity index (χ1v) is 9.61. The number of aromatic amines is 1. The summed E-state index contributed by atoms with van der Waals surface area (Å²) < 4.78 is 5.90. The third-order valence-corrected chi connectivity index (χ3v) is 5.94. The van der Waals surface area contributed by atoms with Gasteiger partial charge in [0.1, 0.15) is 6.61 Å². The summed E-state index contributed by atoms with van der Waals surface area (Å²) in [6.45, 7) is 7.03. The fourth-order valence-corrected chi connectivity index (χ4v) is 3.82. The van der Waals surface area contributed by atoms with Crippen LogP contribution in [0.5, 0.6) is 0 Å². The molecule has 4 heteroatoms. The Morgan fingerprint density at radius 2 is 2.23 bits per heavy atom. The van der Waals surface area contributed by atoms with Crippen molar-refractivity contribution in [1.82, 2.24) is 10.3 Å². The zero-order chi connectivity index (χ0) is 18.6. The summed E-state index contributed by atoms with van der Waals surface area (Å²) in [6.07, 6.45) is 10.3. The molecule has 2 atom stereocenters. The van der Waals surface area contributed by atoms with Gasteiger partial charge in [-0.3, -0.25) is 4.79 Å². The molecular formula is C22H30N2O2. The highest BCUT2D eigenvalue weighted by atomic mass is 16.5. The number of carbonyl (C=O) groups excluding carboxylic acids is 1. The Kier molecular flexibility index (Phi) is 5.82. The van der Waals surface area contributed by atoms with Gasteiger partial charge in [-0.2, -0.15) is 0 Å². The van der Waals surface area contributed by atoms with Crippen LogP contribution in [0.2, 0.25) is 0 Å². The van der Waals surface area contributed by atoms with Gasteiger partial charge in [0.2, 0.25) is 5.91 Å². The number of carbonyl (C=O) groups is 1. The Morgan fingerprint density at radius 3 is 3.04 bits per heavy atom. The first-order valence-electron chi connectivity index (χ1n) is 9.61. The summed E-state index contributed by atoms with van der Waals surface area (Å²) in [5.41, 5.74) is 2.48. The van der Waals surface area contributed by atoms with Gasteiger partial charge in [-0.1, -0.05) is 45.4 Å². The van der Waals surface area contributed by atoms with Gasteiger partial charge in [0.25, 0.3) is 0 Å². The number of ether oxygens (including phenoxy) is 1. The summed E-state index contributed by atoms with van der Waals surface area (Å²) in [5, 5.41) is 3.95. The van der Waals surface area contributed by atoms with Crippen LogP contribution in [0.25, 0.3) is 17.0 Å². The molecule has 1 saturated carbocycles. The second-order valence-corrected chi connectivity index (χ2v) is 8.03. The van der Waals surface area contributed by atoms with E-state index in [-0.39, 0.29) is 18.6 Å². The van der Waals surface area contributed by atoms with Crippen molar-refractivity contribution in [2.75, 3.05) is 6.61 Å². The molecule has 2 unspecified atom stereocenters. The topological polar surface area (TPSA) is 54.1 Å². The minimum atomic E-state index is -0.0992. The number of hydrogen-bond donors (Lipinski definition) is 2. The summed E-state index contributed by atoms with van der Waals surface area (Å²) in [5.74, 6) is 0.541. The van der Waals surface area contributed by atoms with Gasteiger partial charge < -0.3 is 15.0 Å². The maximum absolute atomic E-state index is 12.1. The van der Waals surface area contributed by atoms with Crippen LogP contribution in [0.15, 0.2) is 36.7 Å². The molecule has 1 aromatic carbocycles. The summed E-state index contributed by atoms with van der Waals surface area (Å²) >= 11 is 0. The molecule has 2 aromatic rings. The molecule has 0 bridgehead atoms. The van der Waals surface area contributed by atoms with Gasteiger partial charge in [0, 0.05) is 28.9 Å².